The molecule has 0 unspecified atom stereocenters. The van der Waals surface area contributed by atoms with Crippen LogP contribution in [-0.2, 0) is 16.9 Å². The molecule has 1 heterocycles. The van der Waals surface area contributed by atoms with E-state index in [1.165, 1.54) is 5.56 Å². The lowest BCUT2D eigenvalue weighted by Crippen LogP contribution is -2.27. The molecule has 0 atom stereocenters. The maximum Gasteiger partial charge on any atom is 0.178 e. The summed E-state index contributed by atoms with van der Waals surface area (Å²) in [5.74, 6) is 0.418. The second kappa shape index (κ2) is 7.88. The molecule has 4 rings (SSSR count). The van der Waals surface area contributed by atoms with E-state index in [0.717, 1.165) is 47.6 Å². The number of aliphatic hydroxyl groups excluding tert-OH is 1. The second-order valence-corrected chi connectivity index (χ2v) is 10.4. The molecule has 1 aliphatic carbocycles. The third-order valence-electron chi connectivity index (χ3n) is 6.12. The highest BCUT2D eigenvalue weighted by Gasteiger charge is 2.26. The molecule has 0 bridgehead atoms. The standard InChI is InChI=1S/C24H28NO3S/c1-3-29(27,28)20-12-13-22(17-8-10-19(26)11-9-17)23(14-20)24-16-25(2)15-18-6-4-5-7-21(18)24/h4-7,12-17,19,26H,3,8-11H2,1-2H3/q+1. The molecule has 2 aromatic carbocycles. The van der Waals surface area contributed by atoms with Gasteiger partial charge in [0.05, 0.1) is 22.3 Å². The quantitative estimate of drug-likeness (QED) is 0.658. The number of pyridine rings is 1. The van der Waals surface area contributed by atoms with Crippen LogP contribution in [0.3, 0.4) is 0 Å². The van der Waals surface area contributed by atoms with Crippen molar-refractivity contribution in [1.82, 2.24) is 0 Å². The zero-order valence-electron chi connectivity index (χ0n) is 17.0. The lowest BCUT2D eigenvalue weighted by Gasteiger charge is -2.27. The van der Waals surface area contributed by atoms with Gasteiger partial charge in [0.25, 0.3) is 0 Å². The van der Waals surface area contributed by atoms with Crippen LogP contribution in [0.15, 0.2) is 59.8 Å². The topological polar surface area (TPSA) is 58.3 Å². The van der Waals surface area contributed by atoms with Crippen molar-refractivity contribution >= 4 is 20.6 Å². The van der Waals surface area contributed by atoms with Gasteiger partial charge in [0.15, 0.2) is 22.2 Å². The van der Waals surface area contributed by atoms with E-state index in [0.29, 0.717) is 10.8 Å². The Kier molecular flexibility index (Phi) is 5.45. The number of aromatic nitrogens is 1. The van der Waals surface area contributed by atoms with Crippen molar-refractivity contribution in [3.8, 4) is 11.1 Å². The van der Waals surface area contributed by atoms with Crippen molar-refractivity contribution in [2.45, 2.75) is 49.5 Å². The van der Waals surface area contributed by atoms with Crippen molar-refractivity contribution in [1.29, 1.82) is 0 Å². The average molecular weight is 411 g/mol. The van der Waals surface area contributed by atoms with Gasteiger partial charge in [-0.2, -0.15) is 0 Å². The smallest absolute Gasteiger partial charge is 0.178 e. The fraction of sp³-hybridized carbons (Fsp3) is 0.375. The van der Waals surface area contributed by atoms with Gasteiger partial charge < -0.3 is 5.11 Å². The monoisotopic (exact) mass is 410 g/mol. The van der Waals surface area contributed by atoms with E-state index >= 15 is 0 Å². The van der Waals surface area contributed by atoms with Crippen molar-refractivity contribution in [2.75, 3.05) is 5.75 Å². The number of hydrogen-bond acceptors (Lipinski definition) is 3. The van der Waals surface area contributed by atoms with Crippen molar-refractivity contribution in [3.63, 3.8) is 0 Å². The van der Waals surface area contributed by atoms with Crippen LogP contribution in [0, 0.1) is 0 Å². The van der Waals surface area contributed by atoms with E-state index in [1.54, 1.807) is 13.0 Å². The molecule has 1 aliphatic rings. The van der Waals surface area contributed by atoms with E-state index in [4.69, 9.17) is 0 Å². The first-order chi connectivity index (χ1) is 13.9. The van der Waals surface area contributed by atoms with Gasteiger partial charge in [0, 0.05) is 10.8 Å². The van der Waals surface area contributed by atoms with Gasteiger partial charge in [-0.05, 0) is 60.9 Å². The summed E-state index contributed by atoms with van der Waals surface area (Å²) in [4.78, 5) is 0.380. The second-order valence-electron chi connectivity index (χ2n) is 8.08. The van der Waals surface area contributed by atoms with Crippen LogP contribution in [0.4, 0.5) is 0 Å². The highest BCUT2D eigenvalue weighted by Crippen LogP contribution is 2.40. The molecule has 29 heavy (non-hydrogen) atoms. The number of rotatable bonds is 4. The first-order valence-electron chi connectivity index (χ1n) is 10.3. The molecule has 1 N–H and O–H groups in total. The number of aliphatic hydroxyl groups is 1. The largest absolute Gasteiger partial charge is 0.393 e. The Bertz CT molecular complexity index is 1150. The summed E-state index contributed by atoms with van der Waals surface area (Å²) in [6, 6.07) is 13.8. The van der Waals surface area contributed by atoms with Gasteiger partial charge in [-0.1, -0.05) is 31.2 Å². The average Bonchev–Trinajstić information content (AvgIpc) is 2.73. The molecule has 0 saturated heterocycles. The SMILES string of the molecule is CCS(=O)(=O)c1ccc(C2CCC(O)CC2)c(-c2c[n+](C)cc3ccccc23)c1. The van der Waals surface area contributed by atoms with Crippen LogP contribution >= 0.6 is 0 Å². The van der Waals surface area contributed by atoms with Gasteiger partial charge in [-0.25, -0.2) is 13.0 Å². The molecule has 0 spiro atoms. The molecular formula is C24H28NO3S+. The minimum Gasteiger partial charge on any atom is -0.393 e. The van der Waals surface area contributed by atoms with Crippen molar-refractivity contribution in [2.24, 2.45) is 7.05 Å². The fourth-order valence-corrected chi connectivity index (χ4v) is 5.38. The fourth-order valence-electron chi connectivity index (χ4n) is 4.47. The van der Waals surface area contributed by atoms with Gasteiger partial charge in [0.1, 0.15) is 7.05 Å². The van der Waals surface area contributed by atoms with Gasteiger partial charge in [-0.3, -0.25) is 0 Å². The Balaban J connectivity index is 1.96. The molecule has 1 fully saturated rings. The molecule has 5 heteroatoms. The van der Waals surface area contributed by atoms with Crippen LogP contribution < -0.4 is 4.57 Å². The van der Waals surface area contributed by atoms with E-state index in [-0.39, 0.29) is 11.9 Å². The van der Waals surface area contributed by atoms with Crippen LogP contribution in [-0.4, -0.2) is 25.4 Å². The Morgan fingerprint density at radius 3 is 2.45 bits per heavy atom. The van der Waals surface area contributed by atoms with E-state index < -0.39 is 9.84 Å². The van der Waals surface area contributed by atoms with Crippen molar-refractivity contribution < 1.29 is 18.1 Å². The maximum absolute atomic E-state index is 12.6. The first-order valence-corrected chi connectivity index (χ1v) is 12.0. The highest BCUT2D eigenvalue weighted by atomic mass is 32.2. The van der Waals surface area contributed by atoms with Gasteiger partial charge >= 0.3 is 0 Å². The van der Waals surface area contributed by atoms with E-state index in [1.807, 2.05) is 35.9 Å². The van der Waals surface area contributed by atoms with Crippen molar-refractivity contribution in [3.05, 3.63) is 60.4 Å². The summed E-state index contributed by atoms with van der Waals surface area (Å²) in [6.45, 7) is 1.68. The molecule has 1 aromatic heterocycles. The number of hydrogen-bond donors (Lipinski definition) is 1. The molecule has 0 aliphatic heterocycles. The molecule has 3 aromatic rings. The Morgan fingerprint density at radius 2 is 1.72 bits per heavy atom. The summed E-state index contributed by atoms with van der Waals surface area (Å²) >= 11 is 0. The van der Waals surface area contributed by atoms with Gasteiger partial charge in [-0.15, -0.1) is 0 Å². The first kappa shape index (κ1) is 20.0. The third kappa shape index (κ3) is 3.94. The Hall–Kier alpha value is -2.24. The van der Waals surface area contributed by atoms with Gasteiger partial charge in [0.2, 0.25) is 0 Å². The molecule has 1 saturated carbocycles. The highest BCUT2D eigenvalue weighted by molar-refractivity contribution is 7.91. The third-order valence-corrected chi connectivity index (χ3v) is 7.85. The minimum absolute atomic E-state index is 0.0880. The summed E-state index contributed by atoms with van der Waals surface area (Å²) in [6.07, 6.45) is 7.38. The lowest BCUT2D eigenvalue weighted by atomic mass is 9.79. The molecule has 0 radical (unpaired) electrons. The van der Waals surface area contributed by atoms with E-state index in [9.17, 15) is 13.5 Å². The number of benzene rings is 2. The van der Waals surface area contributed by atoms with Crippen LogP contribution in [0.1, 0.15) is 44.1 Å². The Morgan fingerprint density at radius 1 is 1.00 bits per heavy atom. The zero-order valence-corrected chi connectivity index (χ0v) is 17.8. The number of nitrogens with zero attached hydrogens (tertiary/aromatic N) is 1. The molecular weight excluding hydrogens is 382 g/mol. The molecule has 152 valence electrons. The van der Waals surface area contributed by atoms with Crippen LogP contribution in [0.25, 0.3) is 21.9 Å². The summed E-state index contributed by atoms with van der Waals surface area (Å²) in [5.41, 5.74) is 3.23. The number of fused-ring (bicyclic) bond motifs is 1. The number of aryl methyl sites for hydroxylation is 1. The predicted molar refractivity (Wildman–Crippen MR) is 116 cm³/mol. The summed E-state index contributed by atoms with van der Waals surface area (Å²) in [7, 11) is -1.30. The van der Waals surface area contributed by atoms with Crippen LogP contribution in [0.5, 0.6) is 0 Å². The molecule has 0 amide bonds. The summed E-state index contributed by atoms with van der Waals surface area (Å²) < 4.78 is 27.2. The predicted octanol–water partition coefficient (Wildman–Crippen LogP) is 4.14. The normalized spacial score (nSPS) is 20.1. The lowest BCUT2D eigenvalue weighted by molar-refractivity contribution is -0.669. The zero-order chi connectivity index (χ0) is 20.6. The maximum atomic E-state index is 12.6. The van der Waals surface area contributed by atoms with Crippen LogP contribution in [0.2, 0.25) is 0 Å². The summed E-state index contributed by atoms with van der Waals surface area (Å²) in [5, 5.41) is 12.2. The molecule has 4 nitrogen and oxygen atoms in total. The number of sulfone groups is 1. The minimum atomic E-state index is -3.30. The van der Waals surface area contributed by atoms with E-state index in [2.05, 4.69) is 24.5 Å². The Labute approximate surface area is 172 Å².